The van der Waals surface area contributed by atoms with Gasteiger partial charge in [-0.1, -0.05) is 19.3 Å². The fourth-order valence-electron chi connectivity index (χ4n) is 4.31. The van der Waals surface area contributed by atoms with Crippen LogP contribution in [0.25, 0.3) is 0 Å². The molecule has 7 nitrogen and oxygen atoms in total. The van der Waals surface area contributed by atoms with E-state index >= 15 is 0 Å². The Balaban J connectivity index is 1.65. The van der Waals surface area contributed by atoms with E-state index in [1.54, 1.807) is 0 Å². The van der Waals surface area contributed by atoms with E-state index in [1.807, 2.05) is 27.7 Å². The van der Waals surface area contributed by atoms with Gasteiger partial charge in [-0.2, -0.15) is 0 Å². The van der Waals surface area contributed by atoms with Gasteiger partial charge in [0.15, 0.2) is 0 Å². The lowest BCUT2D eigenvalue weighted by atomic mass is 9.89. The van der Waals surface area contributed by atoms with Crippen LogP contribution in [0.4, 0.5) is 4.79 Å². The van der Waals surface area contributed by atoms with Gasteiger partial charge in [-0.25, -0.2) is 4.79 Å². The molecule has 0 saturated heterocycles. The van der Waals surface area contributed by atoms with Gasteiger partial charge in [-0.05, 0) is 72.1 Å². The Labute approximate surface area is 175 Å². The van der Waals surface area contributed by atoms with E-state index in [9.17, 15) is 14.7 Å². The molecule has 0 aromatic rings. The van der Waals surface area contributed by atoms with Crippen LogP contribution in [0.15, 0.2) is 0 Å². The largest absolute Gasteiger partial charge is 0.444 e. The third kappa shape index (κ3) is 8.91. The van der Waals surface area contributed by atoms with E-state index in [-0.39, 0.29) is 30.1 Å². The van der Waals surface area contributed by atoms with Crippen LogP contribution in [0.5, 0.6) is 0 Å². The van der Waals surface area contributed by atoms with Crippen LogP contribution in [0.3, 0.4) is 0 Å². The van der Waals surface area contributed by atoms with Gasteiger partial charge in [-0.15, -0.1) is 0 Å². The Morgan fingerprint density at radius 1 is 1.00 bits per heavy atom. The number of rotatable bonds is 7. The number of aliphatic hydroxyl groups is 1. The standard InChI is InChI=1S/C22H41N3O4/c1-15(19(26)20(27)23-14-16-8-6-5-7-9-16)24-17-10-12-18(13-11-17)25-21(28)29-22(2,3)4/h15-19,24,26H,5-14H2,1-4H3,(H,23,27)(H,25,28)/t15-,17?,18?,19-/m0/s1. The number of ether oxygens (including phenoxy) is 1. The minimum atomic E-state index is -1.05. The third-order valence-electron chi connectivity index (χ3n) is 5.98. The highest BCUT2D eigenvalue weighted by molar-refractivity contribution is 5.81. The first-order valence-corrected chi connectivity index (χ1v) is 11.4. The topological polar surface area (TPSA) is 99.7 Å². The summed E-state index contributed by atoms with van der Waals surface area (Å²) in [5.41, 5.74) is -0.494. The number of aliphatic hydroxyl groups excluding tert-OH is 1. The second kappa shape index (κ2) is 11.2. The lowest BCUT2D eigenvalue weighted by Crippen LogP contribution is -2.52. The molecule has 2 rings (SSSR count). The molecule has 0 spiro atoms. The Kier molecular flexibility index (Phi) is 9.21. The van der Waals surface area contributed by atoms with E-state index in [2.05, 4.69) is 16.0 Å². The number of carbonyl (C=O) groups is 2. The normalized spacial score (nSPS) is 25.7. The highest BCUT2D eigenvalue weighted by atomic mass is 16.6. The molecule has 0 unspecified atom stereocenters. The molecular weight excluding hydrogens is 370 g/mol. The maximum Gasteiger partial charge on any atom is 0.407 e. The van der Waals surface area contributed by atoms with Gasteiger partial charge in [0.1, 0.15) is 11.7 Å². The van der Waals surface area contributed by atoms with Gasteiger partial charge < -0.3 is 25.8 Å². The van der Waals surface area contributed by atoms with Crippen LogP contribution in [-0.4, -0.2) is 53.5 Å². The molecule has 2 saturated carbocycles. The number of amides is 2. The van der Waals surface area contributed by atoms with Crippen molar-refractivity contribution >= 4 is 12.0 Å². The monoisotopic (exact) mass is 411 g/mol. The maximum atomic E-state index is 12.3. The molecule has 4 N–H and O–H groups in total. The van der Waals surface area contributed by atoms with Crippen LogP contribution >= 0.6 is 0 Å². The number of alkyl carbamates (subject to hydrolysis) is 1. The lowest BCUT2D eigenvalue weighted by Gasteiger charge is -2.33. The molecule has 2 aliphatic carbocycles. The molecular formula is C22H41N3O4. The predicted octanol–water partition coefficient (Wildman–Crippen LogP) is 2.86. The number of hydrogen-bond acceptors (Lipinski definition) is 5. The Morgan fingerprint density at radius 2 is 1.59 bits per heavy atom. The first kappa shape index (κ1) is 23.9. The fourth-order valence-corrected chi connectivity index (χ4v) is 4.31. The molecule has 0 aromatic carbocycles. The SMILES string of the molecule is C[C@H](NC1CCC(NC(=O)OC(C)(C)C)CC1)[C@H](O)C(=O)NCC1CCCCC1. The van der Waals surface area contributed by atoms with Gasteiger partial charge in [-0.3, -0.25) is 4.79 Å². The van der Waals surface area contributed by atoms with Crippen LogP contribution in [-0.2, 0) is 9.53 Å². The summed E-state index contributed by atoms with van der Waals surface area (Å²) in [6, 6.07) is 0.0473. The quantitative estimate of drug-likeness (QED) is 0.516. The summed E-state index contributed by atoms with van der Waals surface area (Å²) in [4.78, 5) is 24.2. The Hall–Kier alpha value is -1.34. The summed E-state index contributed by atoms with van der Waals surface area (Å²) in [6.45, 7) is 8.09. The summed E-state index contributed by atoms with van der Waals surface area (Å²) >= 11 is 0. The predicted molar refractivity (Wildman–Crippen MR) is 114 cm³/mol. The van der Waals surface area contributed by atoms with E-state index < -0.39 is 11.7 Å². The lowest BCUT2D eigenvalue weighted by molar-refractivity contribution is -0.130. The van der Waals surface area contributed by atoms with Crippen molar-refractivity contribution in [3.05, 3.63) is 0 Å². The minimum Gasteiger partial charge on any atom is -0.444 e. The van der Waals surface area contributed by atoms with Gasteiger partial charge in [0.2, 0.25) is 5.91 Å². The van der Waals surface area contributed by atoms with Crippen molar-refractivity contribution < 1.29 is 19.4 Å². The highest BCUT2D eigenvalue weighted by Crippen LogP contribution is 2.23. The minimum absolute atomic E-state index is 0.113. The van der Waals surface area contributed by atoms with Gasteiger partial charge in [0, 0.05) is 24.7 Å². The van der Waals surface area contributed by atoms with Crippen LogP contribution < -0.4 is 16.0 Å². The van der Waals surface area contributed by atoms with Crippen molar-refractivity contribution in [1.29, 1.82) is 0 Å². The average Bonchev–Trinajstić information content (AvgIpc) is 2.66. The highest BCUT2D eigenvalue weighted by Gasteiger charge is 2.29. The molecule has 0 aliphatic heterocycles. The van der Waals surface area contributed by atoms with Crippen molar-refractivity contribution in [3.8, 4) is 0 Å². The number of hydrogen-bond donors (Lipinski definition) is 4. The summed E-state index contributed by atoms with van der Waals surface area (Å²) in [7, 11) is 0. The molecule has 2 aliphatic rings. The van der Waals surface area contributed by atoms with Crippen molar-refractivity contribution in [2.24, 2.45) is 5.92 Å². The molecule has 168 valence electrons. The van der Waals surface area contributed by atoms with Crippen molar-refractivity contribution in [2.75, 3.05) is 6.54 Å². The molecule has 0 heterocycles. The fraction of sp³-hybridized carbons (Fsp3) is 0.909. The second-order valence-electron chi connectivity index (χ2n) is 9.84. The molecule has 2 fully saturated rings. The Bertz CT molecular complexity index is 521. The summed E-state index contributed by atoms with van der Waals surface area (Å²) < 4.78 is 5.31. The first-order chi connectivity index (χ1) is 13.6. The van der Waals surface area contributed by atoms with Crippen LogP contribution in [0.2, 0.25) is 0 Å². The molecule has 29 heavy (non-hydrogen) atoms. The van der Waals surface area contributed by atoms with Gasteiger partial charge in [0.25, 0.3) is 0 Å². The van der Waals surface area contributed by atoms with Crippen molar-refractivity contribution in [1.82, 2.24) is 16.0 Å². The zero-order valence-electron chi connectivity index (χ0n) is 18.6. The van der Waals surface area contributed by atoms with E-state index in [4.69, 9.17) is 4.74 Å². The third-order valence-corrected chi connectivity index (χ3v) is 5.98. The summed E-state index contributed by atoms with van der Waals surface area (Å²) in [6.07, 6.45) is 8.20. The summed E-state index contributed by atoms with van der Waals surface area (Å²) in [5, 5.41) is 19.6. The van der Waals surface area contributed by atoms with Gasteiger partial charge in [0.05, 0.1) is 0 Å². The van der Waals surface area contributed by atoms with E-state index in [0.717, 1.165) is 25.7 Å². The second-order valence-corrected chi connectivity index (χ2v) is 9.84. The van der Waals surface area contributed by atoms with E-state index in [0.29, 0.717) is 12.5 Å². The molecule has 0 radical (unpaired) electrons. The van der Waals surface area contributed by atoms with Crippen molar-refractivity contribution in [3.63, 3.8) is 0 Å². The summed E-state index contributed by atoms with van der Waals surface area (Å²) in [5.74, 6) is 0.270. The molecule has 0 aromatic heterocycles. The zero-order chi connectivity index (χ0) is 21.4. The first-order valence-electron chi connectivity index (χ1n) is 11.4. The Morgan fingerprint density at radius 3 is 2.17 bits per heavy atom. The van der Waals surface area contributed by atoms with E-state index in [1.165, 1.54) is 32.1 Å². The van der Waals surface area contributed by atoms with Crippen molar-refractivity contribution in [2.45, 2.75) is 115 Å². The average molecular weight is 412 g/mol. The molecule has 0 bridgehead atoms. The number of carbonyl (C=O) groups excluding carboxylic acids is 2. The zero-order valence-corrected chi connectivity index (χ0v) is 18.6. The molecule has 7 heteroatoms. The number of nitrogens with one attached hydrogen (secondary N) is 3. The molecule has 2 atom stereocenters. The van der Waals surface area contributed by atoms with Gasteiger partial charge >= 0.3 is 6.09 Å². The smallest absolute Gasteiger partial charge is 0.407 e. The van der Waals surface area contributed by atoms with Crippen LogP contribution in [0, 0.1) is 5.92 Å². The van der Waals surface area contributed by atoms with Crippen LogP contribution in [0.1, 0.15) is 85.5 Å². The maximum absolute atomic E-state index is 12.3. The molecule has 2 amide bonds.